The number of aromatic nitrogens is 3. The molecule has 0 unspecified atom stereocenters. The highest BCUT2D eigenvalue weighted by Gasteiger charge is 2.24. The lowest BCUT2D eigenvalue weighted by molar-refractivity contribution is -0.119. The summed E-state index contributed by atoms with van der Waals surface area (Å²) >= 11 is 12.5. The average Bonchev–Trinajstić information content (AvgIpc) is 3.37. The predicted molar refractivity (Wildman–Crippen MR) is 147 cm³/mol. The van der Waals surface area contributed by atoms with Gasteiger partial charge in [0.2, 0.25) is 6.41 Å². The van der Waals surface area contributed by atoms with Crippen molar-refractivity contribution in [3.63, 3.8) is 0 Å². The molecule has 1 aromatic carbocycles. The first-order valence-electron chi connectivity index (χ1n) is 12.5. The van der Waals surface area contributed by atoms with Gasteiger partial charge in [0.15, 0.2) is 11.6 Å². The number of hydrogen-bond donors (Lipinski definition) is 1. The molecular weight excluding hydrogens is 548 g/mol. The Hall–Kier alpha value is -3.37. The molecule has 3 aromatic rings. The molecule has 1 fully saturated rings. The minimum atomic E-state index is -0.789. The molecule has 2 amide bonds. The first-order valence-corrected chi connectivity index (χ1v) is 13.2. The summed E-state index contributed by atoms with van der Waals surface area (Å²) in [5.41, 5.74) is 1.00. The van der Waals surface area contributed by atoms with E-state index in [1.54, 1.807) is 51.1 Å². The van der Waals surface area contributed by atoms with Crippen LogP contribution in [0.25, 0.3) is 11.1 Å². The summed E-state index contributed by atoms with van der Waals surface area (Å²) in [5.74, 6) is -0.316. The third-order valence-corrected chi connectivity index (χ3v) is 6.93. The molecule has 1 saturated heterocycles. The maximum atomic E-state index is 14.2. The molecule has 0 aliphatic carbocycles. The highest BCUT2D eigenvalue weighted by atomic mass is 35.5. The Bertz CT molecular complexity index is 1350. The smallest absolute Gasteiger partial charge is 0.413 e. The van der Waals surface area contributed by atoms with Crippen molar-refractivity contribution in [3.8, 4) is 16.9 Å². The fourth-order valence-electron chi connectivity index (χ4n) is 4.29. The molecule has 1 N–H and O–H groups in total. The first-order chi connectivity index (χ1) is 18.4. The average molecular weight is 578 g/mol. The number of halogens is 3. The standard InChI is InChI=1S/C27H30Cl2FN5O4/c1-16(23-20(28)5-6-21(30)24(23)29)38-22-11-17(12-31-25(22)33-26(37)39-27(2,3)4)18-13-32-35(14-18)19-7-9-34(15-36)10-8-19/h5-6,11-16,19H,7-10H2,1-4H3,(H,31,33,37)/t16-/m1/s1. The first kappa shape index (κ1) is 28.6. The molecule has 208 valence electrons. The zero-order valence-electron chi connectivity index (χ0n) is 22.1. The van der Waals surface area contributed by atoms with Crippen LogP contribution in [0.15, 0.2) is 36.8 Å². The summed E-state index contributed by atoms with van der Waals surface area (Å²) in [6, 6.07) is 4.46. The lowest BCUT2D eigenvalue weighted by atomic mass is 10.1. The van der Waals surface area contributed by atoms with Crippen LogP contribution in [0.5, 0.6) is 5.75 Å². The van der Waals surface area contributed by atoms with Gasteiger partial charge < -0.3 is 14.4 Å². The number of carbonyl (C=O) groups excluding carboxylic acids is 2. The molecule has 1 aliphatic heterocycles. The summed E-state index contributed by atoms with van der Waals surface area (Å²) in [7, 11) is 0. The van der Waals surface area contributed by atoms with Gasteiger partial charge in [-0.25, -0.2) is 14.2 Å². The van der Waals surface area contributed by atoms with Crippen LogP contribution in [0.1, 0.15) is 58.2 Å². The van der Waals surface area contributed by atoms with Gasteiger partial charge >= 0.3 is 6.09 Å². The number of nitrogens with one attached hydrogen (secondary N) is 1. The maximum absolute atomic E-state index is 14.2. The highest BCUT2D eigenvalue weighted by molar-refractivity contribution is 6.36. The van der Waals surface area contributed by atoms with Crippen molar-refractivity contribution in [2.45, 2.75) is 58.3 Å². The van der Waals surface area contributed by atoms with E-state index < -0.39 is 23.6 Å². The molecule has 9 nitrogen and oxygen atoms in total. The van der Waals surface area contributed by atoms with E-state index in [2.05, 4.69) is 15.4 Å². The van der Waals surface area contributed by atoms with Gasteiger partial charge in [-0.15, -0.1) is 0 Å². The molecule has 2 aromatic heterocycles. The maximum Gasteiger partial charge on any atom is 0.413 e. The van der Waals surface area contributed by atoms with Crippen LogP contribution in [0.4, 0.5) is 15.0 Å². The lowest BCUT2D eigenvalue weighted by Crippen LogP contribution is -2.33. The molecule has 1 atom stereocenters. The number of nitrogens with zero attached hydrogens (tertiary/aromatic N) is 4. The van der Waals surface area contributed by atoms with Crippen LogP contribution in [-0.2, 0) is 9.53 Å². The Morgan fingerprint density at radius 2 is 1.92 bits per heavy atom. The van der Waals surface area contributed by atoms with E-state index >= 15 is 0 Å². The zero-order valence-corrected chi connectivity index (χ0v) is 23.6. The Balaban J connectivity index is 1.64. The second-order valence-corrected chi connectivity index (χ2v) is 11.1. The van der Waals surface area contributed by atoms with Crippen LogP contribution in [0.2, 0.25) is 10.0 Å². The van der Waals surface area contributed by atoms with E-state index in [1.165, 1.54) is 12.1 Å². The van der Waals surface area contributed by atoms with E-state index in [1.807, 2.05) is 10.9 Å². The van der Waals surface area contributed by atoms with Crippen LogP contribution < -0.4 is 10.1 Å². The quantitative estimate of drug-likeness (QED) is 0.248. The number of anilines is 1. The topological polar surface area (TPSA) is 98.6 Å². The van der Waals surface area contributed by atoms with Gasteiger partial charge in [0.05, 0.1) is 17.3 Å². The molecule has 0 saturated carbocycles. The Kier molecular flexibility index (Phi) is 8.66. The van der Waals surface area contributed by atoms with Gasteiger partial charge in [0.1, 0.15) is 17.5 Å². The number of rotatable bonds is 7. The Labute approximate surface area is 236 Å². The van der Waals surface area contributed by atoms with Crippen LogP contribution in [0.3, 0.4) is 0 Å². The van der Waals surface area contributed by atoms with Crippen LogP contribution >= 0.6 is 23.2 Å². The van der Waals surface area contributed by atoms with Gasteiger partial charge in [0.25, 0.3) is 0 Å². The Morgan fingerprint density at radius 1 is 1.21 bits per heavy atom. The van der Waals surface area contributed by atoms with Crippen molar-refractivity contribution in [2.24, 2.45) is 0 Å². The summed E-state index contributed by atoms with van der Waals surface area (Å²) in [6.07, 6.45) is 6.19. The number of piperidine rings is 1. The van der Waals surface area contributed by atoms with E-state index in [9.17, 15) is 14.0 Å². The van der Waals surface area contributed by atoms with Crippen molar-refractivity contribution in [1.29, 1.82) is 0 Å². The largest absolute Gasteiger partial charge is 0.482 e. The van der Waals surface area contributed by atoms with E-state index in [4.69, 9.17) is 32.7 Å². The third-order valence-electron chi connectivity index (χ3n) is 6.22. The molecule has 12 heteroatoms. The predicted octanol–water partition coefficient (Wildman–Crippen LogP) is 6.67. The third kappa shape index (κ3) is 6.99. The van der Waals surface area contributed by atoms with Crippen molar-refractivity contribution < 1.29 is 23.5 Å². The minimum absolute atomic E-state index is 0.108. The molecule has 39 heavy (non-hydrogen) atoms. The van der Waals surface area contributed by atoms with Crippen LogP contribution in [-0.4, -0.2) is 50.9 Å². The van der Waals surface area contributed by atoms with Gasteiger partial charge in [-0.05, 0) is 58.7 Å². The number of hydrogen-bond acceptors (Lipinski definition) is 6. The van der Waals surface area contributed by atoms with Crippen LogP contribution in [0, 0.1) is 5.82 Å². The number of carbonyl (C=O) groups is 2. The monoisotopic (exact) mass is 577 g/mol. The SMILES string of the molecule is C[C@@H](Oc1cc(-c2cnn(C3CCN(C=O)CC3)c2)cnc1NC(=O)OC(C)(C)C)c1c(Cl)ccc(F)c1Cl. The van der Waals surface area contributed by atoms with Crippen molar-refractivity contribution in [1.82, 2.24) is 19.7 Å². The number of likely N-dealkylation sites (tertiary alicyclic amines) is 1. The minimum Gasteiger partial charge on any atom is -0.482 e. The summed E-state index contributed by atoms with van der Waals surface area (Å²) in [6.45, 7) is 8.26. The number of ether oxygens (including phenoxy) is 2. The summed E-state index contributed by atoms with van der Waals surface area (Å²) in [4.78, 5) is 29.7. The number of benzene rings is 1. The normalized spacial score (nSPS) is 15.1. The van der Waals surface area contributed by atoms with E-state index in [-0.39, 0.29) is 33.2 Å². The summed E-state index contributed by atoms with van der Waals surface area (Å²) < 4.78 is 27.6. The summed E-state index contributed by atoms with van der Waals surface area (Å²) in [5, 5.41) is 7.23. The molecule has 0 spiro atoms. The van der Waals surface area contributed by atoms with E-state index in [0.717, 1.165) is 24.8 Å². The fraction of sp³-hybridized carbons (Fsp3) is 0.407. The molecule has 0 bridgehead atoms. The van der Waals surface area contributed by atoms with Gasteiger partial charge in [-0.1, -0.05) is 23.2 Å². The van der Waals surface area contributed by atoms with Gasteiger partial charge in [-0.2, -0.15) is 5.10 Å². The molecule has 3 heterocycles. The Morgan fingerprint density at radius 3 is 2.59 bits per heavy atom. The second kappa shape index (κ2) is 11.8. The highest BCUT2D eigenvalue weighted by Crippen LogP contribution is 2.38. The molecular formula is C27H30Cl2FN5O4. The van der Waals surface area contributed by atoms with E-state index in [0.29, 0.717) is 18.7 Å². The molecule has 0 radical (unpaired) electrons. The zero-order chi connectivity index (χ0) is 28.3. The lowest BCUT2D eigenvalue weighted by Gasteiger charge is -2.29. The number of amides is 2. The molecule has 4 rings (SSSR count). The van der Waals surface area contributed by atoms with Crippen molar-refractivity contribution >= 4 is 41.5 Å². The second-order valence-electron chi connectivity index (χ2n) is 10.3. The van der Waals surface area contributed by atoms with Crippen molar-refractivity contribution in [2.75, 3.05) is 18.4 Å². The molecule has 1 aliphatic rings. The number of pyridine rings is 1. The fourth-order valence-corrected chi connectivity index (χ4v) is 4.97. The van der Waals surface area contributed by atoms with Crippen molar-refractivity contribution in [3.05, 3.63) is 58.2 Å². The van der Waals surface area contributed by atoms with Gasteiger partial charge in [0, 0.05) is 47.2 Å². The van der Waals surface area contributed by atoms with Gasteiger partial charge in [-0.3, -0.25) is 14.8 Å².